The summed E-state index contributed by atoms with van der Waals surface area (Å²) in [6.45, 7) is 3.01. The number of piperidine rings is 1. The number of alkyl halides is 3. The Morgan fingerprint density at radius 2 is 1.93 bits per heavy atom. The minimum atomic E-state index is -4.79. The number of amides is 1. The van der Waals surface area contributed by atoms with Crippen LogP contribution in [0.5, 0.6) is 0 Å². The smallest absolute Gasteiger partial charge is 0.309 e. The number of aromatic amines is 1. The van der Waals surface area contributed by atoms with Crippen molar-refractivity contribution < 1.29 is 22.4 Å². The van der Waals surface area contributed by atoms with Crippen molar-refractivity contribution in [3.63, 3.8) is 0 Å². The summed E-state index contributed by atoms with van der Waals surface area (Å²) in [7, 11) is 0. The van der Waals surface area contributed by atoms with Gasteiger partial charge in [0.2, 0.25) is 5.91 Å². The van der Waals surface area contributed by atoms with Crippen LogP contribution in [0.15, 0.2) is 24.3 Å². The predicted octanol–water partition coefficient (Wildman–Crippen LogP) is 4.44. The zero-order valence-electron chi connectivity index (χ0n) is 15.3. The van der Waals surface area contributed by atoms with E-state index >= 15 is 0 Å². The Hall–Kier alpha value is -2.42. The van der Waals surface area contributed by atoms with E-state index in [9.17, 15) is 22.4 Å². The zero-order chi connectivity index (χ0) is 20.1. The average Bonchev–Trinajstić information content (AvgIpc) is 3.10. The molecule has 1 amide bonds. The van der Waals surface area contributed by atoms with Crippen LogP contribution in [-0.4, -0.2) is 40.6 Å². The van der Waals surface area contributed by atoms with E-state index in [2.05, 4.69) is 20.4 Å². The Morgan fingerprint density at radius 3 is 2.64 bits per heavy atom. The molecule has 0 radical (unpaired) electrons. The van der Waals surface area contributed by atoms with E-state index in [-0.39, 0.29) is 23.0 Å². The maximum absolute atomic E-state index is 13.4. The van der Waals surface area contributed by atoms with Crippen LogP contribution < -0.4 is 5.32 Å². The molecule has 1 saturated heterocycles. The van der Waals surface area contributed by atoms with Gasteiger partial charge >= 0.3 is 6.18 Å². The summed E-state index contributed by atoms with van der Waals surface area (Å²) in [5.74, 6) is -1.32. The fourth-order valence-electron chi connectivity index (χ4n) is 3.30. The number of H-pyrrole nitrogens is 1. The first-order valence-corrected chi connectivity index (χ1v) is 9.27. The molecule has 0 atom stereocenters. The molecule has 2 aromatic rings. The lowest BCUT2D eigenvalue weighted by molar-refractivity contribution is -0.140. The van der Waals surface area contributed by atoms with Gasteiger partial charge in [0.1, 0.15) is 5.82 Å². The van der Waals surface area contributed by atoms with Crippen LogP contribution in [0, 0.1) is 5.82 Å². The highest BCUT2D eigenvalue weighted by Crippen LogP contribution is 2.34. The summed E-state index contributed by atoms with van der Waals surface area (Å²) < 4.78 is 51.9. The molecule has 0 bridgehead atoms. The number of hydrogen-bond donors (Lipinski definition) is 2. The van der Waals surface area contributed by atoms with E-state index in [1.165, 1.54) is 31.4 Å². The first kappa shape index (κ1) is 20.3. The highest BCUT2D eigenvalue weighted by atomic mass is 19.4. The molecule has 152 valence electrons. The fraction of sp³-hybridized carbons (Fsp3) is 0.474. The molecule has 0 aliphatic carbocycles. The van der Waals surface area contributed by atoms with Crippen LogP contribution in [0.25, 0.3) is 11.3 Å². The maximum atomic E-state index is 13.4. The van der Waals surface area contributed by atoms with Crippen LogP contribution in [-0.2, 0) is 11.0 Å². The van der Waals surface area contributed by atoms with Gasteiger partial charge in [0.05, 0.1) is 11.3 Å². The van der Waals surface area contributed by atoms with Gasteiger partial charge in [-0.1, -0.05) is 6.42 Å². The molecular weight excluding hydrogens is 376 g/mol. The maximum Gasteiger partial charge on any atom is 0.419 e. The van der Waals surface area contributed by atoms with Gasteiger partial charge in [-0.15, -0.1) is 0 Å². The van der Waals surface area contributed by atoms with Crippen LogP contribution in [0.2, 0.25) is 0 Å². The van der Waals surface area contributed by atoms with Gasteiger partial charge in [0.25, 0.3) is 0 Å². The number of aromatic nitrogens is 2. The number of carbonyl (C=O) groups is 1. The van der Waals surface area contributed by atoms with Gasteiger partial charge in [-0.25, -0.2) is 4.39 Å². The third-order valence-corrected chi connectivity index (χ3v) is 4.75. The SMILES string of the molecule is O=C(CCCN1CCCCC1)Nc1cc(-c2ccc(F)c(C(F)(F)F)c2)[nH]n1. The molecule has 28 heavy (non-hydrogen) atoms. The topological polar surface area (TPSA) is 61.0 Å². The number of nitrogens with one attached hydrogen (secondary N) is 2. The number of hydrogen-bond acceptors (Lipinski definition) is 3. The number of rotatable bonds is 6. The second kappa shape index (κ2) is 8.72. The highest BCUT2D eigenvalue weighted by molar-refractivity contribution is 5.90. The average molecular weight is 398 g/mol. The molecule has 9 heteroatoms. The van der Waals surface area contributed by atoms with E-state index in [1.54, 1.807) is 0 Å². The van der Waals surface area contributed by atoms with E-state index in [0.29, 0.717) is 12.5 Å². The van der Waals surface area contributed by atoms with E-state index < -0.39 is 17.6 Å². The number of nitrogens with zero attached hydrogens (tertiary/aromatic N) is 2. The van der Waals surface area contributed by atoms with Crippen LogP contribution >= 0.6 is 0 Å². The molecule has 3 rings (SSSR count). The molecule has 1 aromatic heterocycles. The summed E-state index contributed by atoms with van der Waals surface area (Å²) in [5.41, 5.74) is -0.955. The van der Waals surface area contributed by atoms with Gasteiger partial charge in [0.15, 0.2) is 5.82 Å². The number of carbonyl (C=O) groups excluding carboxylic acids is 1. The summed E-state index contributed by atoms with van der Waals surface area (Å²) in [6.07, 6.45) is -0.0602. The van der Waals surface area contributed by atoms with Crippen LogP contribution in [0.4, 0.5) is 23.4 Å². The third kappa shape index (κ3) is 5.31. The fourth-order valence-corrected chi connectivity index (χ4v) is 3.30. The van der Waals surface area contributed by atoms with Crippen molar-refractivity contribution in [3.05, 3.63) is 35.6 Å². The second-order valence-corrected chi connectivity index (χ2v) is 6.91. The molecule has 2 N–H and O–H groups in total. The Bertz CT molecular complexity index is 813. The van der Waals surface area contributed by atoms with Gasteiger partial charge in [-0.05, 0) is 57.1 Å². The number of halogens is 4. The molecule has 1 fully saturated rings. The molecule has 1 aromatic carbocycles. The number of anilines is 1. The number of benzene rings is 1. The summed E-state index contributed by atoms with van der Waals surface area (Å²) in [5, 5.41) is 9.10. The van der Waals surface area contributed by atoms with Gasteiger partial charge in [-0.2, -0.15) is 18.3 Å². The van der Waals surface area contributed by atoms with Gasteiger partial charge < -0.3 is 10.2 Å². The van der Waals surface area contributed by atoms with E-state index in [1.807, 2.05) is 0 Å². The first-order valence-electron chi connectivity index (χ1n) is 9.27. The molecule has 0 saturated carbocycles. The van der Waals surface area contributed by atoms with E-state index in [4.69, 9.17) is 0 Å². The zero-order valence-corrected chi connectivity index (χ0v) is 15.3. The summed E-state index contributed by atoms with van der Waals surface area (Å²) in [4.78, 5) is 14.4. The van der Waals surface area contributed by atoms with Gasteiger partial charge in [-0.3, -0.25) is 9.89 Å². The Balaban J connectivity index is 1.56. The minimum absolute atomic E-state index is 0.131. The molecule has 1 aliphatic rings. The Kier molecular flexibility index (Phi) is 6.33. The molecule has 0 unspecified atom stereocenters. The van der Waals surface area contributed by atoms with Crippen molar-refractivity contribution in [1.29, 1.82) is 0 Å². The van der Waals surface area contributed by atoms with Crippen molar-refractivity contribution in [2.75, 3.05) is 25.0 Å². The van der Waals surface area contributed by atoms with Gasteiger partial charge in [0, 0.05) is 18.1 Å². The molecule has 5 nitrogen and oxygen atoms in total. The third-order valence-electron chi connectivity index (χ3n) is 4.75. The Morgan fingerprint density at radius 1 is 1.18 bits per heavy atom. The second-order valence-electron chi connectivity index (χ2n) is 6.91. The normalized spacial score (nSPS) is 15.6. The molecular formula is C19H22F4N4O. The monoisotopic (exact) mass is 398 g/mol. The lowest BCUT2D eigenvalue weighted by atomic mass is 10.1. The van der Waals surface area contributed by atoms with Crippen molar-refractivity contribution >= 4 is 11.7 Å². The van der Waals surface area contributed by atoms with Crippen molar-refractivity contribution in [3.8, 4) is 11.3 Å². The molecule has 2 heterocycles. The Labute approximate surface area is 160 Å². The van der Waals surface area contributed by atoms with Crippen LogP contribution in [0.1, 0.15) is 37.7 Å². The largest absolute Gasteiger partial charge is 0.419 e. The number of likely N-dealkylation sites (tertiary alicyclic amines) is 1. The van der Waals surface area contributed by atoms with E-state index in [0.717, 1.165) is 32.1 Å². The molecule has 1 aliphatic heterocycles. The lowest BCUT2D eigenvalue weighted by Crippen LogP contribution is -2.31. The predicted molar refractivity (Wildman–Crippen MR) is 97.1 cm³/mol. The van der Waals surface area contributed by atoms with Crippen molar-refractivity contribution in [2.24, 2.45) is 0 Å². The van der Waals surface area contributed by atoms with Crippen molar-refractivity contribution in [1.82, 2.24) is 15.1 Å². The van der Waals surface area contributed by atoms with Crippen LogP contribution in [0.3, 0.4) is 0 Å². The standard InChI is InChI=1S/C19H22F4N4O/c20-15-7-6-13(11-14(15)19(21,22)23)16-12-17(26-25-16)24-18(28)5-4-10-27-8-2-1-3-9-27/h6-7,11-12H,1-5,8-10H2,(H2,24,25,26,28). The van der Waals surface area contributed by atoms with Crippen molar-refractivity contribution in [2.45, 2.75) is 38.3 Å². The minimum Gasteiger partial charge on any atom is -0.309 e. The quantitative estimate of drug-likeness (QED) is 0.708. The summed E-state index contributed by atoms with van der Waals surface area (Å²) >= 11 is 0. The first-order chi connectivity index (χ1) is 13.3. The molecule has 0 spiro atoms. The highest BCUT2D eigenvalue weighted by Gasteiger charge is 2.34. The lowest BCUT2D eigenvalue weighted by Gasteiger charge is -2.26. The summed E-state index contributed by atoms with van der Waals surface area (Å²) in [6, 6.07) is 4.13.